The number of hydrogen-bond acceptors (Lipinski definition) is 2. The molecule has 1 N–H and O–H groups in total. The Labute approximate surface area is 110 Å². The number of rotatable bonds is 2. The van der Waals surface area contributed by atoms with Crippen molar-refractivity contribution in [2.45, 2.75) is 52.0 Å². The number of hydrogen-bond donors (Lipinski definition) is 1. The number of ketones is 1. The van der Waals surface area contributed by atoms with Gasteiger partial charge in [0.2, 0.25) is 0 Å². The Hall–Kier alpha value is -1.05. The van der Waals surface area contributed by atoms with Crippen LogP contribution in [0.15, 0.2) is 23.9 Å². The van der Waals surface area contributed by atoms with Gasteiger partial charge in [-0.15, -0.1) is 0 Å². The molecule has 98 valence electrons. The van der Waals surface area contributed by atoms with Crippen LogP contribution in [0.4, 0.5) is 0 Å². The summed E-state index contributed by atoms with van der Waals surface area (Å²) >= 11 is 0. The van der Waals surface area contributed by atoms with Gasteiger partial charge in [-0.2, -0.15) is 0 Å². The molecule has 0 saturated heterocycles. The second kappa shape index (κ2) is 3.97. The summed E-state index contributed by atoms with van der Waals surface area (Å²) in [5, 5.41) is 3.58. The topological polar surface area (TPSA) is 29.1 Å². The first-order valence-electron chi connectivity index (χ1n) is 7.17. The molecule has 0 aromatic rings. The molecule has 3 atom stereocenters. The van der Waals surface area contributed by atoms with E-state index in [0.29, 0.717) is 17.4 Å². The zero-order valence-corrected chi connectivity index (χ0v) is 11.5. The lowest BCUT2D eigenvalue weighted by molar-refractivity contribution is -0.115. The molecule has 3 saturated carbocycles. The quantitative estimate of drug-likeness (QED) is 0.757. The number of carbonyl (C=O) groups excluding carboxylic acids is 1. The molecule has 4 aliphatic carbocycles. The summed E-state index contributed by atoms with van der Waals surface area (Å²) in [5.41, 5.74) is 2.95. The molecule has 0 aliphatic heterocycles. The third kappa shape index (κ3) is 1.73. The largest absolute Gasteiger partial charge is 0.382 e. The Morgan fingerprint density at radius 1 is 1.33 bits per heavy atom. The molecule has 18 heavy (non-hydrogen) atoms. The van der Waals surface area contributed by atoms with E-state index in [-0.39, 0.29) is 5.78 Å². The van der Waals surface area contributed by atoms with Crippen molar-refractivity contribution in [3.8, 4) is 0 Å². The first-order valence-corrected chi connectivity index (χ1v) is 7.17. The first-order chi connectivity index (χ1) is 8.48. The minimum atomic E-state index is 0.274. The fraction of sp³-hybridized carbons (Fsp3) is 0.688. The fourth-order valence-electron chi connectivity index (χ4n) is 4.00. The highest BCUT2D eigenvalue weighted by Crippen LogP contribution is 2.60. The highest BCUT2D eigenvalue weighted by molar-refractivity contribution is 5.91. The third-order valence-corrected chi connectivity index (χ3v) is 5.45. The maximum absolute atomic E-state index is 11.4. The van der Waals surface area contributed by atoms with Crippen LogP contribution >= 0.6 is 0 Å². The van der Waals surface area contributed by atoms with Gasteiger partial charge in [-0.05, 0) is 42.9 Å². The summed E-state index contributed by atoms with van der Waals surface area (Å²) in [6.45, 7) is 9.06. The van der Waals surface area contributed by atoms with Gasteiger partial charge >= 0.3 is 0 Å². The van der Waals surface area contributed by atoms with Gasteiger partial charge in [0, 0.05) is 24.2 Å². The Balaban J connectivity index is 1.69. The predicted molar refractivity (Wildman–Crippen MR) is 73.0 cm³/mol. The SMILES string of the molecule is C=C1C(NC2=CC(=O)CCC2)CC2CC1C2(C)C. The van der Waals surface area contributed by atoms with Crippen molar-refractivity contribution in [2.75, 3.05) is 0 Å². The van der Waals surface area contributed by atoms with E-state index in [9.17, 15) is 4.79 Å². The van der Waals surface area contributed by atoms with Gasteiger partial charge in [-0.25, -0.2) is 0 Å². The van der Waals surface area contributed by atoms with Crippen LogP contribution in [0.5, 0.6) is 0 Å². The monoisotopic (exact) mass is 245 g/mol. The maximum Gasteiger partial charge on any atom is 0.157 e. The summed E-state index contributed by atoms with van der Waals surface area (Å²) in [7, 11) is 0. The summed E-state index contributed by atoms with van der Waals surface area (Å²) in [4.78, 5) is 11.4. The molecular formula is C16H23NO. The van der Waals surface area contributed by atoms with E-state index in [4.69, 9.17) is 0 Å². The van der Waals surface area contributed by atoms with E-state index in [0.717, 1.165) is 30.9 Å². The lowest BCUT2D eigenvalue weighted by Gasteiger charge is -2.60. The van der Waals surface area contributed by atoms with Crippen LogP contribution in [0.25, 0.3) is 0 Å². The van der Waals surface area contributed by atoms with Crippen molar-refractivity contribution in [1.82, 2.24) is 5.32 Å². The predicted octanol–water partition coefficient (Wildman–Crippen LogP) is 3.20. The molecule has 2 heteroatoms. The fourth-order valence-corrected chi connectivity index (χ4v) is 4.00. The lowest BCUT2D eigenvalue weighted by Crippen LogP contribution is -2.56. The molecule has 3 unspecified atom stereocenters. The number of allylic oxidation sites excluding steroid dienone is 2. The van der Waals surface area contributed by atoms with E-state index in [1.807, 2.05) is 6.08 Å². The van der Waals surface area contributed by atoms with Gasteiger partial charge in [-0.3, -0.25) is 4.79 Å². The summed E-state index contributed by atoms with van der Waals surface area (Å²) in [6, 6.07) is 0.402. The molecule has 2 bridgehead atoms. The number of nitrogens with one attached hydrogen (secondary N) is 1. The molecule has 4 aliphatic rings. The molecule has 4 rings (SSSR count). The van der Waals surface area contributed by atoms with Gasteiger partial charge in [-0.1, -0.05) is 26.0 Å². The Kier molecular flexibility index (Phi) is 2.65. The van der Waals surface area contributed by atoms with E-state index < -0.39 is 0 Å². The summed E-state index contributed by atoms with van der Waals surface area (Å²) in [5.74, 6) is 1.77. The number of carbonyl (C=O) groups is 1. The van der Waals surface area contributed by atoms with Crippen molar-refractivity contribution in [1.29, 1.82) is 0 Å². The van der Waals surface area contributed by atoms with Crippen LogP contribution in [0.2, 0.25) is 0 Å². The van der Waals surface area contributed by atoms with Crippen molar-refractivity contribution in [2.24, 2.45) is 17.3 Å². The van der Waals surface area contributed by atoms with Gasteiger partial charge < -0.3 is 5.32 Å². The Bertz CT molecular complexity index is 432. The Morgan fingerprint density at radius 2 is 2.11 bits per heavy atom. The minimum Gasteiger partial charge on any atom is -0.382 e. The molecule has 0 amide bonds. The number of fused-ring (bicyclic) bond motifs is 2. The van der Waals surface area contributed by atoms with Gasteiger partial charge in [0.05, 0.1) is 0 Å². The zero-order chi connectivity index (χ0) is 12.9. The first kappa shape index (κ1) is 12.0. The molecule has 3 fully saturated rings. The van der Waals surface area contributed by atoms with E-state index >= 15 is 0 Å². The molecule has 0 heterocycles. The zero-order valence-electron chi connectivity index (χ0n) is 11.5. The highest BCUT2D eigenvalue weighted by atomic mass is 16.1. The molecule has 2 nitrogen and oxygen atoms in total. The van der Waals surface area contributed by atoms with Gasteiger partial charge in [0.25, 0.3) is 0 Å². The summed E-state index contributed by atoms with van der Waals surface area (Å²) < 4.78 is 0. The summed E-state index contributed by atoms with van der Waals surface area (Å²) in [6.07, 6.45) is 7.05. The molecule has 0 spiro atoms. The average Bonchev–Trinajstić information content (AvgIpc) is 2.31. The molecular weight excluding hydrogens is 222 g/mol. The third-order valence-electron chi connectivity index (χ3n) is 5.45. The standard InChI is InChI=1S/C16H23NO/c1-10-14-7-11(16(14,2)3)8-15(10)17-12-5-4-6-13(18)9-12/h9,11,14-15,17H,1,4-8H2,2-3H3. The van der Waals surface area contributed by atoms with E-state index in [1.165, 1.54) is 18.4 Å². The van der Waals surface area contributed by atoms with Crippen molar-refractivity contribution in [3.63, 3.8) is 0 Å². The molecule has 0 radical (unpaired) electrons. The van der Waals surface area contributed by atoms with Crippen LogP contribution < -0.4 is 5.32 Å². The smallest absolute Gasteiger partial charge is 0.157 e. The molecule has 0 aromatic heterocycles. The van der Waals surface area contributed by atoms with E-state index in [1.54, 1.807) is 0 Å². The van der Waals surface area contributed by atoms with Crippen LogP contribution in [-0.4, -0.2) is 11.8 Å². The van der Waals surface area contributed by atoms with Gasteiger partial charge in [0.15, 0.2) is 5.78 Å². The van der Waals surface area contributed by atoms with Crippen molar-refractivity contribution < 1.29 is 4.79 Å². The second-order valence-corrected chi connectivity index (χ2v) is 6.80. The van der Waals surface area contributed by atoms with Crippen molar-refractivity contribution >= 4 is 5.78 Å². The normalized spacial score (nSPS) is 37.9. The van der Waals surface area contributed by atoms with Crippen molar-refractivity contribution in [3.05, 3.63) is 23.9 Å². The van der Waals surface area contributed by atoms with Crippen LogP contribution in [0.1, 0.15) is 46.0 Å². The highest BCUT2D eigenvalue weighted by Gasteiger charge is 2.54. The average molecular weight is 245 g/mol. The van der Waals surface area contributed by atoms with Crippen LogP contribution in [0.3, 0.4) is 0 Å². The lowest BCUT2D eigenvalue weighted by atomic mass is 9.46. The van der Waals surface area contributed by atoms with Gasteiger partial charge in [0.1, 0.15) is 0 Å². The van der Waals surface area contributed by atoms with E-state index in [2.05, 4.69) is 25.7 Å². The Morgan fingerprint density at radius 3 is 2.72 bits per heavy atom. The van der Waals surface area contributed by atoms with Crippen LogP contribution in [-0.2, 0) is 4.79 Å². The minimum absolute atomic E-state index is 0.274. The molecule has 0 aromatic carbocycles. The maximum atomic E-state index is 11.4. The van der Waals surface area contributed by atoms with Crippen LogP contribution in [0, 0.1) is 17.3 Å². The second-order valence-electron chi connectivity index (χ2n) is 6.80.